The Morgan fingerprint density at radius 2 is 2.27 bits per heavy atom. The Morgan fingerprint density at radius 3 is 2.91 bits per heavy atom. The van der Waals surface area contributed by atoms with Gasteiger partial charge in [-0.3, -0.25) is 4.98 Å². The van der Waals surface area contributed by atoms with E-state index >= 15 is 0 Å². The first kappa shape index (κ1) is 7.11. The van der Waals surface area contributed by atoms with Crippen molar-refractivity contribution in [3.8, 4) is 0 Å². The van der Waals surface area contributed by atoms with E-state index < -0.39 is 0 Å². The minimum absolute atomic E-state index is 0.726. The van der Waals surface area contributed by atoms with Crippen molar-refractivity contribution in [3.63, 3.8) is 0 Å². The summed E-state index contributed by atoms with van der Waals surface area (Å²) in [6.07, 6.45) is 4.43. The van der Waals surface area contributed by atoms with Gasteiger partial charge in [-0.1, -0.05) is 11.6 Å². The average molecular weight is 168 g/mol. The lowest BCUT2D eigenvalue weighted by atomic mass is 10.1. The van der Waals surface area contributed by atoms with Gasteiger partial charge < -0.3 is 0 Å². The third-order valence-electron chi connectivity index (χ3n) is 2.11. The molecule has 11 heavy (non-hydrogen) atoms. The topological polar surface area (TPSA) is 12.9 Å². The molecule has 1 aliphatic rings. The Kier molecular flexibility index (Phi) is 1.61. The van der Waals surface area contributed by atoms with E-state index in [0.29, 0.717) is 0 Å². The second-order valence-electron chi connectivity index (χ2n) is 3.07. The summed E-state index contributed by atoms with van der Waals surface area (Å²) >= 11 is 6.07. The fourth-order valence-corrected chi connectivity index (χ4v) is 1.54. The summed E-state index contributed by atoms with van der Waals surface area (Å²) in [7, 11) is 0. The van der Waals surface area contributed by atoms with Crippen LogP contribution in [0.15, 0.2) is 12.3 Å². The van der Waals surface area contributed by atoms with Gasteiger partial charge in [0.25, 0.3) is 0 Å². The van der Waals surface area contributed by atoms with Gasteiger partial charge in [0.15, 0.2) is 0 Å². The summed E-state index contributed by atoms with van der Waals surface area (Å²) in [5.41, 5.74) is 2.25. The van der Waals surface area contributed by atoms with Gasteiger partial charge in [-0.2, -0.15) is 0 Å². The van der Waals surface area contributed by atoms with Gasteiger partial charge >= 0.3 is 0 Å². The summed E-state index contributed by atoms with van der Waals surface area (Å²) in [5, 5.41) is 0.870. The summed E-state index contributed by atoms with van der Waals surface area (Å²) in [4.78, 5) is 4.12. The molecular formula is C9H10ClN. The summed E-state index contributed by atoms with van der Waals surface area (Å²) in [6, 6.07) is 2.03. The fraction of sp³-hybridized carbons (Fsp3) is 0.444. The van der Waals surface area contributed by atoms with Crippen molar-refractivity contribution in [2.75, 3.05) is 0 Å². The van der Waals surface area contributed by atoms with Crippen LogP contribution in [-0.4, -0.2) is 4.98 Å². The van der Waals surface area contributed by atoms with E-state index in [1.54, 1.807) is 0 Å². The van der Waals surface area contributed by atoms with Crippen molar-refractivity contribution >= 4 is 11.6 Å². The Balaban J connectivity index is 2.45. The second-order valence-corrected chi connectivity index (χ2v) is 3.45. The van der Waals surface area contributed by atoms with Crippen molar-refractivity contribution in [1.82, 2.24) is 4.98 Å². The van der Waals surface area contributed by atoms with Gasteiger partial charge in [0.05, 0.1) is 10.7 Å². The zero-order valence-corrected chi connectivity index (χ0v) is 7.23. The molecule has 0 aliphatic heterocycles. The monoisotopic (exact) mass is 167 g/mol. The molecule has 1 aromatic rings. The minimum atomic E-state index is 0.726. The van der Waals surface area contributed by atoms with Crippen LogP contribution in [0.2, 0.25) is 5.02 Å². The Morgan fingerprint density at radius 1 is 1.55 bits per heavy atom. The molecule has 0 unspecified atom stereocenters. The van der Waals surface area contributed by atoms with Crippen molar-refractivity contribution in [3.05, 3.63) is 28.5 Å². The SMILES string of the molecule is Cc1nccc(C2CC2)c1Cl. The molecule has 1 aliphatic carbocycles. The van der Waals surface area contributed by atoms with Gasteiger partial charge in [-0.05, 0) is 37.3 Å². The fourth-order valence-electron chi connectivity index (χ4n) is 1.28. The maximum Gasteiger partial charge on any atom is 0.0653 e. The van der Waals surface area contributed by atoms with E-state index in [2.05, 4.69) is 4.98 Å². The molecule has 0 atom stereocenters. The van der Waals surface area contributed by atoms with E-state index in [9.17, 15) is 0 Å². The molecule has 1 heterocycles. The molecule has 1 nitrogen and oxygen atoms in total. The first-order valence-electron chi connectivity index (χ1n) is 3.90. The number of hydrogen-bond acceptors (Lipinski definition) is 1. The highest BCUT2D eigenvalue weighted by molar-refractivity contribution is 6.32. The van der Waals surface area contributed by atoms with Crippen LogP contribution in [0.5, 0.6) is 0 Å². The Labute approximate surface area is 71.4 Å². The molecule has 0 spiro atoms. The van der Waals surface area contributed by atoms with Crippen LogP contribution in [0, 0.1) is 6.92 Å². The molecule has 0 N–H and O–H groups in total. The molecule has 0 amide bonds. The predicted molar refractivity (Wildman–Crippen MR) is 46.0 cm³/mol. The Hall–Kier alpha value is -0.560. The van der Waals surface area contributed by atoms with Crippen LogP contribution in [0.1, 0.15) is 30.0 Å². The third kappa shape index (κ3) is 1.25. The van der Waals surface area contributed by atoms with Crippen molar-refractivity contribution in [1.29, 1.82) is 0 Å². The zero-order chi connectivity index (χ0) is 7.84. The first-order chi connectivity index (χ1) is 5.29. The van der Waals surface area contributed by atoms with Crippen LogP contribution in [0.4, 0.5) is 0 Å². The lowest BCUT2D eigenvalue weighted by Gasteiger charge is -2.02. The average Bonchev–Trinajstić information content (AvgIpc) is 2.77. The number of hydrogen-bond donors (Lipinski definition) is 0. The Bertz CT molecular complexity index is 279. The van der Waals surface area contributed by atoms with Crippen LogP contribution < -0.4 is 0 Å². The molecule has 58 valence electrons. The molecule has 0 bridgehead atoms. The van der Waals surface area contributed by atoms with E-state index in [1.165, 1.54) is 18.4 Å². The molecule has 1 saturated carbocycles. The highest BCUT2D eigenvalue weighted by Crippen LogP contribution is 2.43. The number of nitrogens with zero attached hydrogens (tertiary/aromatic N) is 1. The molecule has 2 rings (SSSR count). The number of halogens is 1. The number of aromatic nitrogens is 1. The predicted octanol–water partition coefficient (Wildman–Crippen LogP) is 2.92. The number of aryl methyl sites for hydroxylation is 1. The van der Waals surface area contributed by atoms with Crippen molar-refractivity contribution in [2.45, 2.75) is 25.7 Å². The number of pyridine rings is 1. The van der Waals surface area contributed by atoms with Gasteiger partial charge in [0, 0.05) is 6.20 Å². The highest BCUT2D eigenvalue weighted by Gasteiger charge is 2.26. The first-order valence-corrected chi connectivity index (χ1v) is 4.28. The normalized spacial score (nSPS) is 16.9. The molecule has 0 radical (unpaired) electrons. The zero-order valence-electron chi connectivity index (χ0n) is 6.47. The largest absolute Gasteiger partial charge is 0.260 e. The van der Waals surface area contributed by atoms with E-state index in [-0.39, 0.29) is 0 Å². The maximum atomic E-state index is 6.07. The van der Waals surface area contributed by atoms with Crippen molar-refractivity contribution in [2.24, 2.45) is 0 Å². The third-order valence-corrected chi connectivity index (χ3v) is 2.60. The van der Waals surface area contributed by atoms with Crippen LogP contribution in [-0.2, 0) is 0 Å². The lowest BCUT2D eigenvalue weighted by molar-refractivity contribution is 1.08. The van der Waals surface area contributed by atoms with Gasteiger partial charge in [-0.15, -0.1) is 0 Å². The second kappa shape index (κ2) is 2.49. The van der Waals surface area contributed by atoms with E-state index in [1.807, 2.05) is 19.2 Å². The van der Waals surface area contributed by atoms with Crippen molar-refractivity contribution < 1.29 is 0 Å². The van der Waals surface area contributed by atoms with Gasteiger partial charge in [0.1, 0.15) is 0 Å². The maximum absolute atomic E-state index is 6.07. The number of rotatable bonds is 1. The molecule has 2 heteroatoms. The quantitative estimate of drug-likeness (QED) is 0.627. The standard InChI is InChI=1S/C9H10ClN/c1-6-9(10)8(4-5-11-6)7-2-3-7/h4-5,7H,2-3H2,1H3. The molecule has 0 aromatic carbocycles. The lowest BCUT2D eigenvalue weighted by Crippen LogP contribution is -1.87. The van der Waals surface area contributed by atoms with Gasteiger partial charge in [-0.25, -0.2) is 0 Å². The molecule has 1 aromatic heterocycles. The van der Waals surface area contributed by atoms with Crippen LogP contribution in [0.25, 0.3) is 0 Å². The summed E-state index contributed by atoms with van der Waals surface area (Å²) in [5.74, 6) is 0.726. The summed E-state index contributed by atoms with van der Waals surface area (Å²) < 4.78 is 0. The molecule has 0 saturated heterocycles. The highest BCUT2D eigenvalue weighted by atomic mass is 35.5. The van der Waals surface area contributed by atoms with E-state index in [0.717, 1.165) is 16.6 Å². The van der Waals surface area contributed by atoms with Gasteiger partial charge in [0.2, 0.25) is 0 Å². The smallest absolute Gasteiger partial charge is 0.0653 e. The molecule has 1 fully saturated rings. The summed E-state index contributed by atoms with van der Waals surface area (Å²) in [6.45, 7) is 1.95. The van der Waals surface area contributed by atoms with E-state index in [4.69, 9.17) is 11.6 Å². The minimum Gasteiger partial charge on any atom is -0.260 e. The molecular weight excluding hydrogens is 158 g/mol. The van der Waals surface area contributed by atoms with Crippen LogP contribution >= 0.6 is 11.6 Å². The van der Waals surface area contributed by atoms with Crippen LogP contribution in [0.3, 0.4) is 0 Å².